The van der Waals surface area contributed by atoms with E-state index in [0.29, 0.717) is 11.3 Å². The highest BCUT2D eigenvalue weighted by molar-refractivity contribution is 7.20. The van der Waals surface area contributed by atoms with Gasteiger partial charge in [-0.25, -0.2) is 0 Å². The fourth-order valence-electron chi connectivity index (χ4n) is 5.00. The van der Waals surface area contributed by atoms with E-state index in [-0.39, 0.29) is 0 Å². The Bertz CT molecular complexity index is 1300. The maximum absolute atomic E-state index is 12.4. The third-order valence-corrected chi connectivity index (χ3v) is 11.2. The first-order chi connectivity index (χ1) is 16.3. The predicted molar refractivity (Wildman–Crippen MR) is 140 cm³/mol. The molecule has 0 amide bonds. The van der Waals surface area contributed by atoms with Crippen molar-refractivity contribution in [1.82, 2.24) is 0 Å². The van der Waals surface area contributed by atoms with Gasteiger partial charge in [0.05, 0.1) is 12.7 Å². The number of fused-ring (bicyclic) bond motifs is 1. The molecule has 5 rings (SSSR count). The number of carbonyl (C=O) groups is 1. The van der Waals surface area contributed by atoms with E-state index in [0.717, 1.165) is 22.2 Å². The Labute approximate surface area is 195 Å². The second-order valence-electron chi connectivity index (χ2n) is 8.06. The van der Waals surface area contributed by atoms with Crippen LogP contribution in [-0.4, -0.2) is 21.5 Å². The molecule has 0 unspecified atom stereocenters. The molecule has 0 atom stereocenters. The predicted octanol–water partition coefficient (Wildman–Crippen LogP) is 4.04. The fourth-order valence-corrected chi connectivity index (χ4v) is 9.96. The quantitative estimate of drug-likeness (QED) is 0.225. The molecule has 0 bridgehead atoms. The molecule has 0 fully saturated rings. The largest absolute Gasteiger partial charge is 0.496 e. The van der Waals surface area contributed by atoms with Crippen LogP contribution < -0.4 is 25.5 Å². The molecule has 0 aliphatic carbocycles. The lowest BCUT2D eigenvalue weighted by molar-refractivity contribution is 0.112. The average Bonchev–Trinajstić information content (AvgIpc) is 2.90. The van der Waals surface area contributed by atoms with Crippen molar-refractivity contribution in [2.75, 3.05) is 7.11 Å². The number of rotatable bonds is 6. The number of ether oxygens (including phenoxy) is 1. The van der Waals surface area contributed by atoms with Crippen LogP contribution in [0.2, 0.25) is 0 Å². The molecular weight excluding hydrogens is 420 g/mol. The Morgan fingerprint density at radius 2 is 1.09 bits per heavy atom. The molecular formula is C30H24O2Si. The van der Waals surface area contributed by atoms with Crippen LogP contribution in [0.4, 0.5) is 0 Å². The number of hydrogen-bond donors (Lipinski definition) is 0. The van der Waals surface area contributed by atoms with Crippen LogP contribution in [0.1, 0.15) is 10.4 Å². The molecule has 0 aliphatic heterocycles. The zero-order chi connectivity index (χ0) is 22.7. The summed E-state index contributed by atoms with van der Waals surface area (Å²) in [6, 6.07) is 42.3. The topological polar surface area (TPSA) is 26.3 Å². The van der Waals surface area contributed by atoms with Gasteiger partial charge in [-0.05, 0) is 31.5 Å². The summed E-state index contributed by atoms with van der Waals surface area (Å²) < 4.78 is 6.05. The maximum atomic E-state index is 12.4. The van der Waals surface area contributed by atoms with Crippen molar-refractivity contribution in [1.29, 1.82) is 0 Å². The van der Waals surface area contributed by atoms with Gasteiger partial charge in [-0.3, -0.25) is 4.79 Å². The van der Waals surface area contributed by atoms with E-state index in [4.69, 9.17) is 4.74 Å². The van der Waals surface area contributed by atoms with Gasteiger partial charge >= 0.3 is 0 Å². The molecule has 33 heavy (non-hydrogen) atoms. The average molecular weight is 445 g/mol. The summed E-state index contributed by atoms with van der Waals surface area (Å²) in [6.07, 6.45) is 0.935. The Hall–Kier alpha value is -3.95. The van der Waals surface area contributed by atoms with E-state index in [1.165, 1.54) is 15.6 Å². The number of aldehydes is 1. The molecule has 0 aromatic heterocycles. The summed E-state index contributed by atoms with van der Waals surface area (Å²) in [7, 11) is -1.15. The Morgan fingerprint density at radius 3 is 1.55 bits per heavy atom. The van der Waals surface area contributed by atoms with Crippen LogP contribution in [0.3, 0.4) is 0 Å². The van der Waals surface area contributed by atoms with E-state index >= 15 is 0 Å². The van der Waals surface area contributed by atoms with Crippen molar-refractivity contribution in [2.24, 2.45) is 0 Å². The number of hydrogen-bond acceptors (Lipinski definition) is 2. The third-order valence-electron chi connectivity index (χ3n) is 6.39. The molecule has 0 saturated carbocycles. The minimum atomic E-state index is -2.81. The van der Waals surface area contributed by atoms with Crippen LogP contribution in [0.15, 0.2) is 121 Å². The lowest BCUT2D eigenvalue weighted by Crippen LogP contribution is -2.75. The highest BCUT2D eigenvalue weighted by Crippen LogP contribution is 2.28. The van der Waals surface area contributed by atoms with Crippen LogP contribution in [0.5, 0.6) is 5.75 Å². The number of benzene rings is 5. The second-order valence-corrected chi connectivity index (χ2v) is 11.8. The van der Waals surface area contributed by atoms with Crippen LogP contribution in [-0.2, 0) is 0 Å². The molecule has 5 aromatic carbocycles. The van der Waals surface area contributed by atoms with E-state index in [1.54, 1.807) is 7.11 Å². The Balaban J connectivity index is 2.03. The summed E-state index contributed by atoms with van der Waals surface area (Å²) in [5.41, 5.74) is 0.602. The Morgan fingerprint density at radius 1 is 0.636 bits per heavy atom. The van der Waals surface area contributed by atoms with Gasteiger partial charge in [-0.15, -0.1) is 0 Å². The van der Waals surface area contributed by atoms with Crippen molar-refractivity contribution in [3.05, 3.63) is 127 Å². The number of methoxy groups -OCH3 is 1. The minimum Gasteiger partial charge on any atom is -0.496 e. The molecule has 0 N–H and O–H groups in total. The van der Waals surface area contributed by atoms with Gasteiger partial charge in [0.1, 0.15) is 5.75 Å². The highest BCUT2D eigenvalue weighted by Gasteiger charge is 2.44. The normalized spacial score (nSPS) is 11.3. The Kier molecular flexibility index (Phi) is 5.63. The molecule has 0 aliphatic rings. The molecule has 160 valence electrons. The lowest BCUT2D eigenvalue weighted by atomic mass is 10.0. The highest BCUT2D eigenvalue weighted by atomic mass is 28.3. The second kappa shape index (κ2) is 8.89. The van der Waals surface area contributed by atoms with Crippen LogP contribution in [0.25, 0.3) is 10.8 Å². The molecule has 0 saturated heterocycles. The summed E-state index contributed by atoms with van der Waals surface area (Å²) >= 11 is 0. The van der Waals surface area contributed by atoms with E-state index in [2.05, 4.69) is 84.9 Å². The van der Waals surface area contributed by atoms with Gasteiger partial charge in [0.15, 0.2) is 14.4 Å². The van der Waals surface area contributed by atoms with Crippen LogP contribution >= 0.6 is 0 Å². The third kappa shape index (κ3) is 3.38. The molecule has 3 heteroatoms. The standard InChI is InChI=1S/C30H24O2Si/c1-32-30-28(22-31)27-20-12-11-13-23(27)21-29(30)33(24-14-5-2-6-15-24,25-16-7-3-8-17-25)26-18-9-4-10-19-26/h2-22H,1H3. The minimum absolute atomic E-state index is 0.602. The van der Waals surface area contributed by atoms with Crippen molar-refractivity contribution >= 4 is 45.9 Å². The zero-order valence-corrected chi connectivity index (χ0v) is 19.4. The van der Waals surface area contributed by atoms with Gasteiger partial charge in [-0.1, -0.05) is 121 Å². The van der Waals surface area contributed by atoms with E-state index < -0.39 is 8.07 Å². The van der Waals surface area contributed by atoms with Gasteiger partial charge < -0.3 is 4.74 Å². The van der Waals surface area contributed by atoms with Gasteiger partial charge in [0, 0.05) is 0 Å². The van der Waals surface area contributed by atoms with Gasteiger partial charge in [0.25, 0.3) is 0 Å². The summed E-state index contributed by atoms with van der Waals surface area (Å²) in [5.74, 6) is 0.659. The SMILES string of the molecule is COc1c([Si](c2ccccc2)(c2ccccc2)c2ccccc2)cc2ccccc2c1C=O. The molecule has 0 radical (unpaired) electrons. The number of carbonyl (C=O) groups excluding carboxylic acids is 1. The molecule has 2 nitrogen and oxygen atoms in total. The van der Waals surface area contributed by atoms with Crippen molar-refractivity contribution < 1.29 is 9.53 Å². The van der Waals surface area contributed by atoms with Gasteiger partial charge in [-0.2, -0.15) is 0 Å². The molecule has 0 heterocycles. The monoisotopic (exact) mass is 444 g/mol. The van der Waals surface area contributed by atoms with E-state index in [9.17, 15) is 4.79 Å². The zero-order valence-electron chi connectivity index (χ0n) is 18.4. The first-order valence-electron chi connectivity index (χ1n) is 11.0. The smallest absolute Gasteiger partial charge is 0.184 e. The lowest BCUT2D eigenvalue weighted by Gasteiger charge is -2.36. The first-order valence-corrected chi connectivity index (χ1v) is 13.0. The van der Waals surface area contributed by atoms with Crippen molar-refractivity contribution in [3.8, 4) is 5.75 Å². The molecule has 0 spiro atoms. The summed E-state index contributed by atoms with van der Waals surface area (Å²) in [5, 5.41) is 6.75. The summed E-state index contributed by atoms with van der Waals surface area (Å²) in [4.78, 5) is 12.4. The van der Waals surface area contributed by atoms with E-state index in [1.807, 2.05) is 36.4 Å². The maximum Gasteiger partial charge on any atom is 0.184 e. The fraction of sp³-hybridized carbons (Fsp3) is 0.0333. The first kappa shape index (κ1) is 20.9. The van der Waals surface area contributed by atoms with Crippen LogP contribution in [0, 0.1) is 0 Å². The van der Waals surface area contributed by atoms with Gasteiger partial charge in [0.2, 0.25) is 0 Å². The molecule has 5 aromatic rings. The van der Waals surface area contributed by atoms with Crippen molar-refractivity contribution in [3.63, 3.8) is 0 Å². The summed E-state index contributed by atoms with van der Waals surface area (Å²) in [6.45, 7) is 0. The van der Waals surface area contributed by atoms with Crippen molar-refractivity contribution in [2.45, 2.75) is 0 Å².